The summed E-state index contributed by atoms with van der Waals surface area (Å²) in [6.45, 7) is 4.94. The molecule has 0 spiro atoms. The quantitative estimate of drug-likeness (QED) is 0.406. The Kier molecular flexibility index (Phi) is 6.73. The smallest absolute Gasteiger partial charge is 0.347 e. The average Bonchev–Trinajstić information content (AvgIpc) is 3.10. The van der Waals surface area contributed by atoms with Crippen LogP contribution in [0.4, 0.5) is 0 Å². The fourth-order valence-electron chi connectivity index (χ4n) is 2.38. The highest BCUT2D eigenvalue weighted by atomic mass is 35.5. The summed E-state index contributed by atoms with van der Waals surface area (Å²) in [4.78, 5) is 16.8. The number of aryl methyl sites for hydroxylation is 1. The molecule has 152 valence electrons. The second-order valence-electron chi connectivity index (χ2n) is 6.77. The van der Waals surface area contributed by atoms with Gasteiger partial charge in [-0.2, -0.15) is 4.37 Å². The van der Waals surface area contributed by atoms with Gasteiger partial charge in [0.15, 0.2) is 11.4 Å². The van der Waals surface area contributed by atoms with Crippen LogP contribution in [-0.4, -0.2) is 26.0 Å². The summed E-state index contributed by atoms with van der Waals surface area (Å²) >= 11 is 15.1. The van der Waals surface area contributed by atoms with Crippen molar-refractivity contribution in [1.29, 1.82) is 0 Å². The monoisotopic (exact) mass is 468 g/mol. The maximum Gasteiger partial charge on any atom is 0.347 e. The lowest BCUT2D eigenvalue weighted by atomic mass is 10.1. The van der Waals surface area contributed by atoms with Crippen LogP contribution in [0.1, 0.15) is 24.4 Å². The lowest BCUT2D eigenvalue weighted by Gasteiger charge is -2.22. The Morgan fingerprint density at radius 3 is 2.66 bits per heavy atom. The molecule has 0 aliphatic carbocycles. The lowest BCUT2D eigenvalue weighted by molar-refractivity contribution is -0.152. The summed E-state index contributed by atoms with van der Waals surface area (Å²) in [6, 6.07) is 10.9. The number of ether oxygens (including phenoxy) is 1. The minimum Gasteiger partial charge on any atom is -0.478 e. The van der Waals surface area contributed by atoms with Crippen LogP contribution in [-0.2, 0) is 10.5 Å². The first-order chi connectivity index (χ1) is 13.7. The molecule has 0 aliphatic heterocycles. The van der Waals surface area contributed by atoms with Gasteiger partial charge in [0.1, 0.15) is 10.8 Å². The molecule has 1 heterocycles. The van der Waals surface area contributed by atoms with Crippen molar-refractivity contribution < 1.29 is 14.6 Å². The molecule has 5 nitrogen and oxygen atoms in total. The van der Waals surface area contributed by atoms with E-state index >= 15 is 0 Å². The number of halogens is 2. The number of carbonyl (C=O) groups is 1. The maximum atomic E-state index is 11.2. The summed E-state index contributed by atoms with van der Waals surface area (Å²) < 4.78 is 10.0. The van der Waals surface area contributed by atoms with E-state index < -0.39 is 11.6 Å². The fraction of sp³-hybridized carbons (Fsp3) is 0.250. The Labute approximate surface area is 187 Å². The maximum absolute atomic E-state index is 11.2. The number of aliphatic carboxylic acids is 1. The summed E-state index contributed by atoms with van der Waals surface area (Å²) in [7, 11) is 0. The Morgan fingerprint density at radius 2 is 2.00 bits per heavy atom. The third-order valence-corrected chi connectivity index (χ3v) is 6.48. The van der Waals surface area contributed by atoms with Gasteiger partial charge in [-0.05, 0) is 74.3 Å². The minimum absolute atomic E-state index is 0.519. The molecular weight excluding hydrogens is 451 g/mol. The number of carboxylic acid groups (broad SMARTS) is 1. The summed E-state index contributed by atoms with van der Waals surface area (Å²) in [6.07, 6.45) is 0. The molecule has 1 aromatic heterocycles. The van der Waals surface area contributed by atoms with Crippen molar-refractivity contribution in [1.82, 2.24) is 9.36 Å². The van der Waals surface area contributed by atoms with Gasteiger partial charge < -0.3 is 9.84 Å². The van der Waals surface area contributed by atoms with E-state index in [1.807, 2.05) is 25.1 Å². The number of thioether (sulfide) groups is 1. The van der Waals surface area contributed by atoms with E-state index in [1.165, 1.54) is 25.4 Å². The van der Waals surface area contributed by atoms with Gasteiger partial charge in [-0.1, -0.05) is 23.2 Å². The van der Waals surface area contributed by atoms with E-state index in [0.29, 0.717) is 27.4 Å². The second kappa shape index (κ2) is 8.92. The van der Waals surface area contributed by atoms with Crippen LogP contribution in [0.3, 0.4) is 0 Å². The van der Waals surface area contributed by atoms with Crippen molar-refractivity contribution in [2.75, 3.05) is 0 Å². The molecule has 0 unspecified atom stereocenters. The Balaban J connectivity index is 1.67. The van der Waals surface area contributed by atoms with Crippen molar-refractivity contribution in [3.05, 3.63) is 57.0 Å². The van der Waals surface area contributed by atoms with Crippen molar-refractivity contribution in [3.8, 4) is 17.1 Å². The van der Waals surface area contributed by atoms with Crippen molar-refractivity contribution in [2.24, 2.45) is 0 Å². The number of nitrogens with zero attached hydrogens (tertiary/aromatic N) is 2. The van der Waals surface area contributed by atoms with Crippen LogP contribution in [0, 0.1) is 6.92 Å². The third-order valence-electron chi connectivity index (χ3n) is 4.03. The Morgan fingerprint density at radius 1 is 1.24 bits per heavy atom. The molecule has 2 aromatic carbocycles. The molecule has 3 aromatic rings. The number of hydrogen-bond donors (Lipinski definition) is 1. The van der Waals surface area contributed by atoms with E-state index in [4.69, 9.17) is 27.9 Å². The molecule has 0 radical (unpaired) electrons. The highest BCUT2D eigenvalue weighted by Gasteiger charge is 2.29. The van der Waals surface area contributed by atoms with Crippen molar-refractivity contribution in [3.63, 3.8) is 0 Å². The molecule has 9 heteroatoms. The van der Waals surface area contributed by atoms with Gasteiger partial charge in [0.25, 0.3) is 0 Å². The van der Waals surface area contributed by atoms with Gasteiger partial charge in [0, 0.05) is 15.5 Å². The first kappa shape index (κ1) is 21.9. The molecular formula is C20H18Cl2N2O3S2. The average molecular weight is 469 g/mol. The van der Waals surface area contributed by atoms with E-state index in [9.17, 15) is 9.90 Å². The molecule has 0 fully saturated rings. The zero-order chi connectivity index (χ0) is 21.2. The van der Waals surface area contributed by atoms with E-state index in [0.717, 1.165) is 21.0 Å². The normalized spacial score (nSPS) is 11.5. The Bertz CT molecular complexity index is 1050. The first-order valence-electron chi connectivity index (χ1n) is 8.59. The van der Waals surface area contributed by atoms with Crippen molar-refractivity contribution >= 4 is 52.5 Å². The number of benzene rings is 2. The minimum atomic E-state index is -1.29. The van der Waals surface area contributed by atoms with E-state index in [-0.39, 0.29) is 0 Å². The predicted octanol–water partition coefficient (Wildman–Crippen LogP) is 6.35. The number of aromatic nitrogens is 2. The Hall–Kier alpha value is -1.80. The molecule has 3 rings (SSSR count). The zero-order valence-electron chi connectivity index (χ0n) is 15.9. The number of rotatable bonds is 7. The fourth-order valence-corrected chi connectivity index (χ4v) is 4.50. The molecule has 29 heavy (non-hydrogen) atoms. The molecule has 0 saturated carbocycles. The molecule has 0 aliphatic rings. The van der Waals surface area contributed by atoms with Crippen LogP contribution < -0.4 is 4.74 Å². The van der Waals surface area contributed by atoms with E-state index in [2.05, 4.69) is 9.36 Å². The van der Waals surface area contributed by atoms with Gasteiger partial charge >= 0.3 is 5.97 Å². The topological polar surface area (TPSA) is 72.3 Å². The second-order valence-corrected chi connectivity index (χ2v) is 9.50. The third kappa shape index (κ3) is 5.42. The molecule has 0 amide bonds. The highest BCUT2D eigenvalue weighted by molar-refractivity contribution is 7.98. The zero-order valence-corrected chi connectivity index (χ0v) is 19.0. The molecule has 1 N–H and O–H groups in total. The molecule has 0 bridgehead atoms. The molecule has 0 atom stereocenters. The van der Waals surface area contributed by atoms with Gasteiger partial charge in [0.2, 0.25) is 0 Å². The van der Waals surface area contributed by atoms with E-state index in [1.54, 1.807) is 30.0 Å². The summed E-state index contributed by atoms with van der Waals surface area (Å²) in [5.74, 6) is 0.784. The van der Waals surface area contributed by atoms with Crippen molar-refractivity contribution in [2.45, 2.75) is 37.0 Å². The van der Waals surface area contributed by atoms with Gasteiger partial charge in [-0.15, -0.1) is 11.8 Å². The van der Waals surface area contributed by atoms with Crippen LogP contribution >= 0.6 is 46.5 Å². The number of hydrogen-bond acceptors (Lipinski definition) is 6. The van der Waals surface area contributed by atoms with Crippen LogP contribution in [0.2, 0.25) is 10.0 Å². The predicted molar refractivity (Wildman–Crippen MR) is 118 cm³/mol. The van der Waals surface area contributed by atoms with Gasteiger partial charge in [-0.25, -0.2) is 9.78 Å². The largest absolute Gasteiger partial charge is 0.478 e. The van der Waals surface area contributed by atoms with Gasteiger partial charge in [-0.3, -0.25) is 0 Å². The SMILES string of the molecule is Cc1cc(SCc2nc(-c3ccc(Cl)cc3Cl)ns2)ccc1OC(C)(C)C(=O)O. The van der Waals surface area contributed by atoms with Crippen LogP contribution in [0.25, 0.3) is 11.4 Å². The summed E-state index contributed by atoms with van der Waals surface area (Å²) in [5.41, 5.74) is 0.336. The number of carboxylic acids is 1. The lowest BCUT2D eigenvalue weighted by Crippen LogP contribution is -2.38. The first-order valence-corrected chi connectivity index (χ1v) is 11.1. The molecule has 0 saturated heterocycles. The highest BCUT2D eigenvalue weighted by Crippen LogP contribution is 2.32. The summed E-state index contributed by atoms with van der Waals surface area (Å²) in [5, 5.41) is 11.2. The standard InChI is InChI=1S/C20H18Cl2N2O3S2/c1-11-8-13(5-7-16(11)27-20(2,3)19(25)26)28-10-17-23-18(24-29-17)14-6-4-12(21)9-15(14)22/h4-9H,10H2,1-3H3,(H,25,26). The van der Waals surface area contributed by atoms with Crippen LogP contribution in [0.5, 0.6) is 5.75 Å². The van der Waals surface area contributed by atoms with Crippen LogP contribution in [0.15, 0.2) is 41.3 Å². The van der Waals surface area contributed by atoms with Gasteiger partial charge in [0.05, 0.1) is 10.8 Å².